The molecule has 0 saturated heterocycles. The number of amides is 1. The number of hydrogen-bond donors (Lipinski definition) is 2. The fraction of sp³-hybridized carbons (Fsp3) is 0.273. The van der Waals surface area contributed by atoms with E-state index in [0.29, 0.717) is 11.3 Å². The van der Waals surface area contributed by atoms with E-state index in [-0.39, 0.29) is 11.5 Å². The summed E-state index contributed by atoms with van der Waals surface area (Å²) in [6, 6.07) is 13.4. The molecular formula is C22H22N2O2S. The lowest BCUT2D eigenvalue weighted by Crippen LogP contribution is -2.19. The van der Waals surface area contributed by atoms with Gasteiger partial charge in [-0.05, 0) is 61.3 Å². The van der Waals surface area contributed by atoms with Crippen LogP contribution in [-0.2, 0) is 12.8 Å². The number of thioether (sulfide) groups is 1. The van der Waals surface area contributed by atoms with Gasteiger partial charge in [0.15, 0.2) is 0 Å². The second-order valence-electron chi connectivity index (χ2n) is 6.76. The van der Waals surface area contributed by atoms with Gasteiger partial charge in [0.2, 0.25) is 0 Å². The largest absolute Gasteiger partial charge is 0.322 e. The van der Waals surface area contributed by atoms with Crippen molar-refractivity contribution in [3.05, 3.63) is 69.5 Å². The zero-order valence-electron chi connectivity index (χ0n) is 15.3. The first kappa shape index (κ1) is 17.9. The van der Waals surface area contributed by atoms with Gasteiger partial charge in [0, 0.05) is 21.5 Å². The van der Waals surface area contributed by atoms with Gasteiger partial charge < -0.3 is 10.3 Å². The average molecular weight is 378 g/mol. The number of anilines is 1. The second-order valence-corrected chi connectivity index (χ2v) is 8.07. The zero-order chi connectivity index (χ0) is 18.8. The minimum Gasteiger partial charge on any atom is -0.322 e. The lowest BCUT2D eigenvalue weighted by molar-refractivity contribution is 0.102. The van der Waals surface area contributed by atoms with E-state index in [0.717, 1.165) is 52.8 Å². The second kappa shape index (κ2) is 7.61. The highest BCUT2D eigenvalue weighted by Gasteiger charge is 2.17. The molecule has 0 atom stereocenters. The number of rotatable bonds is 4. The van der Waals surface area contributed by atoms with Crippen LogP contribution in [0.2, 0.25) is 0 Å². The summed E-state index contributed by atoms with van der Waals surface area (Å²) in [6.07, 6.45) is 3.99. The van der Waals surface area contributed by atoms with Gasteiger partial charge in [0.05, 0.1) is 11.1 Å². The summed E-state index contributed by atoms with van der Waals surface area (Å²) < 4.78 is 0. The number of carbonyl (C=O) groups excluding carboxylic acids is 1. The van der Waals surface area contributed by atoms with Gasteiger partial charge in [-0.1, -0.05) is 25.1 Å². The van der Waals surface area contributed by atoms with Crippen LogP contribution in [0.3, 0.4) is 0 Å². The molecule has 138 valence electrons. The third kappa shape index (κ3) is 3.52. The molecule has 1 heterocycles. The molecule has 0 radical (unpaired) electrons. The first-order chi connectivity index (χ1) is 13.2. The Morgan fingerprint density at radius 1 is 1.11 bits per heavy atom. The Kier molecular flexibility index (Phi) is 5.03. The van der Waals surface area contributed by atoms with Crippen LogP contribution in [0.1, 0.15) is 41.3 Å². The van der Waals surface area contributed by atoms with Crippen LogP contribution in [0.5, 0.6) is 0 Å². The van der Waals surface area contributed by atoms with Crippen molar-refractivity contribution in [1.29, 1.82) is 0 Å². The maximum Gasteiger partial charge on any atom is 0.256 e. The van der Waals surface area contributed by atoms with Gasteiger partial charge in [-0.25, -0.2) is 0 Å². The minimum atomic E-state index is -0.133. The van der Waals surface area contributed by atoms with Crippen molar-refractivity contribution in [3.63, 3.8) is 0 Å². The molecule has 1 aliphatic carbocycles. The summed E-state index contributed by atoms with van der Waals surface area (Å²) in [5.41, 5.74) is 4.25. The van der Waals surface area contributed by atoms with Gasteiger partial charge in [0.25, 0.3) is 11.5 Å². The Balaban J connectivity index is 1.67. The van der Waals surface area contributed by atoms with Crippen LogP contribution in [-0.4, -0.2) is 16.6 Å². The van der Waals surface area contributed by atoms with Gasteiger partial charge in [-0.3, -0.25) is 9.59 Å². The van der Waals surface area contributed by atoms with E-state index in [9.17, 15) is 9.59 Å². The molecule has 0 unspecified atom stereocenters. The van der Waals surface area contributed by atoms with Crippen LogP contribution >= 0.6 is 11.8 Å². The van der Waals surface area contributed by atoms with Crippen molar-refractivity contribution in [1.82, 2.24) is 4.98 Å². The standard InChI is InChI=1S/C22H22N2O2S/c1-2-27-20-10-6-5-9-18(20)22(26)23-14-11-12-16-15-7-3-4-8-17(15)21(25)24-19(16)13-14/h5-6,9-13H,2-4,7-8H2,1H3,(H,23,26)(H,24,25). The number of nitrogens with one attached hydrogen (secondary N) is 2. The first-order valence-electron chi connectivity index (χ1n) is 9.38. The maximum atomic E-state index is 12.7. The van der Waals surface area contributed by atoms with E-state index in [2.05, 4.69) is 17.2 Å². The van der Waals surface area contributed by atoms with E-state index in [1.54, 1.807) is 11.8 Å². The predicted molar refractivity (Wildman–Crippen MR) is 112 cm³/mol. The summed E-state index contributed by atoms with van der Waals surface area (Å²) in [6.45, 7) is 2.07. The molecule has 1 aromatic heterocycles. The summed E-state index contributed by atoms with van der Waals surface area (Å²) in [5, 5.41) is 4.06. The molecule has 4 nitrogen and oxygen atoms in total. The zero-order valence-corrected chi connectivity index (χ0v) is 16.1. The molecule has 1 amide bonds. The van der Waals surface area contributed by atoms with Gasteiger partial charge in [0.1, 0.15) is 0 Å². The number of carbonyl (C=O) groups is 1. The monoisotopic (exact) mass is 378 g/mol. The Morgan fingerprint density at radius 3 is 2.70 bits per heavy atom. The van der Waals surface area contributed by atoms with Crippen LogP contribution in [0, 0.1) is 0 Å². The molecule has 3 aromatic rings. The number of hydrogen-bond acceptors (Lipinski definition) is 3. The summed E-state index contributed by atoms with van der Waals surface area (Å²) >= 11 is 1.65. The number of aryl methyl sites for hydroxylation is 1. The normalized spacial score (nSPS) is 13.4. The number of aromatic nitrogens is 1. The third-order valence-electron chi connectivity index (χ3n) is 5.02. The van der Waals surface area contributed by atoms with Crippen molar-refractivity contribution in [2.75, 3.05) is 11.1 Å². The number of H-pyrrole nitrogens is 1. The molecule has 0 bridgehead atoms. The molecule has 2 aromatic carbocycles. The molecule has 5 heteroatoms. The highest BCUT2D eigenvalue weighted by Crippen LogP contribution is 2.28. The molecular weight excluding hydrogens is 356 g/mol. The Labute approximate surface area is 162 Å². The Bertz CT molecular complexity index is 1070. The summed E-state index contributed by atoms with van der Waals surface area (Å²) in [7, 11) is 0. The average Bonchev–Trinajstić information content (AvgIpc) is 2.69. The smallest absolute Gasteiger partial charge is 0.256 e. The SMILES string of the molecule is CCSc1ccccc1C(=O)Nc1ccc2c3c(c(=O)[nH]c2c1)CCCC3. The van der Waals surface area contributed by atoms with Gasteiger partial charge in [-0.15, -0.1) is 11.8 Å². The topological polar surface area (TPSA) is 62.0 Å². The van der Waals surface area contributed by atoms with Crippen molar-refractivity contribution >= 4 is 34.3 Å². The fourth-order valence-electron chi connectivity index (χ4n) is 3.77. The van der Waals surface area contributed by atoms with E-state index in [1.807, 2.05) is 42.5 Å². The van der Waals surface area contributed by atoms with Crippen molar-refractivity contribution in [3.8, 4) is 0 Å². The molecule has 1 aliphatic rings. The minimum absolute atomic E-state index is 0.00497. The van der Waals surface area contributed by atoms with Crippen molar-refractivity contribution in [2.24, 2.45) is 0 Å². The molecule has 0 aliphatic heterocycles. The summed E-state index contributed by atoms with van der Waals surface area (Å²) in [5.74, 6) is 0.776. The predicted octanol–water partition coefficient (Wildman–Crippen LogP) is 4.77. The van der Waals surface area contributed by atoms with E-state index in [4.69, 9.17) is 0 Å². The number of aromatic amines is 1. The molecule has 0 saturated carbocycles. The Hall–Kier alpha value is -2.53. The van der Waals surface area contributed by atoms with Gasteiger partial charge in [-0.2, -0.15) is 0 Å². The van der Waals surface area contributed by atoms with Crippen molar-refractivity contribution < 1.29 is 4.79 Å². The van der Waals surface area contributed by atoms with E-state index >= 15 is 0 Å². The molecule has 0 spiro atoms. The van der Waals surface area contributed by atoms with Crippen LogP contribution in [0.4, 0.5) is 5.69 Å². The first-order valence-corrected chi connectivity index (χ1v) is 10.4. The lowest BCUT2D eigenvalue weighted by atomic mass is 9.90. The lowest BCUT2D eigenvalue weighted by Gasteiger charge is -2.17. The highest BCUT2D eigenvalue weighted by molar-refractivity contribution is 7.99. The maximum absolute atomic E-state index is 12.7. The van der Waals surface area contributed by atoms with Crippen molar-refractivity contribution in [2.45, 2.75) is 37.5 Å². The van der Waals surface area contributed by atoms with E-state index in [1.165, 1.54) is 5.56 Å². The molecule has 0 fully saturated rings. The van der Waals surface area contributed by atoms with E-state index < -0.39 is 0 Å². The number of fused-ring (bicyclic) bond motifs is 3. The van der Waals surface area contributed by atoms with Crippen LogP contribution < -0.4 is 10.9 Å². The quantitative estimate of drug-likeness (QED) is 0.643. The highest BCUT2D eigenvalue weighted by atomic mass is 32.2. The van der Waals surface area contributed by atoms with Crippen LogP contribution in [0.15, 0.2) is 52.2 Å². The van der Waals surface area contributed by atoms with Gasteiger partial charge >= 0.3 is 0 Å². The molecule has 4 rings (SSSR count). The molecule has 27 heavy (non-hydrogen) atoms. The summed E-state index contributed by atoms with van der Waals surface area (Å²) in [4.78, 5) is 29.1. The fourth-order valence-corrected chi connectivity index (χ4v) is 4.58. The number of pyridine rings is 1. The Morgan fingerprint density at radius 2 is 1.89 bits per heavy atom. The molecule has 2 N–H and O–H groups in total. The number of benzene rings is 2. The van der Waals surface area contributed by atoms with Crippen LogP contribution in [0.25, 0.3) is 10.9 Å². The third-order valence-corrected chi connectivity index (χ3v) is 5.98.